The molecule has 112 valence electrons. The number of hydrogen-bond donors (Lipinski definition) is 2. The minimum Gasteiger partial charge on any atom is -0.394 e. The van der Waals surface area contributed by atoms with Gasteiger partial charge in [-0.2, -0.15) is 5.10 Å². The molecule has 1 atom stereocenters. The number of likely N-dealkylation sites (N-methyl/N-ethyl adjacent to an activating group) is 1. The number of piperidine rings is 1. The molecule has 0 bridgehead atoms. The van der Waals surface area contributed by atoms with Crippen molar-refractivity contribution in [2.24, 2.45) is 0 Å². The second-order valence-electron chi connectivity index (χ2n) is 5.12. The van der Waals surface area contributed by atoms with Gasteiger partial charge in [0.05, 0.1) is 25.0 Å². The van der Waals surface area contributed by atoms with Gasteiger partial charge < -0.3 is 15.3 Å². The molecular weight excluding hydrogens is 280 g/mol. The molecule has 1 fully saturated rings. The number of rotatable bonds is 5. The van der Waals surface area contributed by atoms with Crippen LogP contribution in [0.1, 0.15) is 19.3 Å². The Morgan fingerprint density at radius 1 is 1.60 bits per heavy atom. The highest BCUT2D eigenvalue weighted by Crippen LogP contribution is 2.20. The van der Waals surface area contributed by atoms with Crippen LogP contribution in [0.25, 0.3) is 0 Å². The van der Waals surface area contributed by atoms with Gasteiger partial charge in [-0.1, -0.05) is 18.0 Å². The van der Waals surface area contributed by atoms with Gasteiger partial charge in [-0.15, -0.1) is 0 Å². The lowest BCUT2D eigenvalue weighted by Crippen LogP contribution is -2.43. The fourth-order valence-electron chi connectivity index (χ4n) is 2.49. The molecular formula is C13H21ClN4O2. The summed E-state index contributed by atoms with van der Waals surface area (Å²) in [5.41, 5.74) is 0.278. The van der Waals surface area contributed by atoms with Gasteiger partial charge in [0.2, 0.25) is 0 Å². The van der Waals surface area contributed by atoms with Crippen molar-refractivity contribution in [2.45, 2.75) is 31.8 Å². The second-order valence-corrected chi connectivity index (χ2v) is 5.50. The lowest BCUT2D eigenvalue weighted by Gasteiger charge is -2.29. The molecule has 6 nitrogen and oxygen atoms in total. The molecule has 1 aliphatic rings. The molecule has 1 aromatic heterocycles. The van der Waals surface area contributed by atoms with E-state index in [1.165, 1.54) is 17.5 Å². The predicted octanol–water partition coefficient (Wildman–Crippen LogP) is 0.467. The van der Waals surface area contributed by atoms with Crippen LogP contribution in [0.15, 0.2) is 11.0 Å². The monoisotopic (exact) mass is 300 g/mol. The third kappa shape index (κ3) is 3.50. The first-order chi connectivity index (χ1) is 9.63. The number of aromatic nitrogens is 2. The molecule has 1 unspecified atom stereocenters. The number of anilines is 1. The van der Waals surface area contributed by atoms with Crippen LogP contribution in [0.4, 0.5) is 5.69 Å². The summed E-state index contributed by atoms with van der Waals surface area (Å²) in [6.45, 7) is 1.87. The molecule has 0 amide bonds. The summed E-state index contributed by atoms with van der Waals surface area (Å²) in [6, 6.07) is 0.421. The standard InChI is InChI=1S/C13H21ClN4O2/c1-17(9-10-4-2-3-5-15-10)11-8-16-18(6-7-19)13(20)12(11)14/h8,10,15,19H,2-7,9H2,1H3. The zero-order valence-electron chi connectivity index (χ0n) is 11.7. The van der Waals surface area contributed by atoms with Crippen molar-refractivity contribution in [2.75, 3.05) is 31.6 Å². The Bertz CT molecular complexity index is 500. The van der Waals surface area contributed by atoms with Crippen LogP contribution < -0.4 is 15.8 Å². The normalized spacial score (nSPS) is 19.1. The van der Waals surface area contributed by atoms with E-state index in [2.05, 4.69) is 10.4 Å². The van der Waals surface area contributed by atoms with Gasteiger partial charge in [0, 0.05) is 19.6 Å². The van der Waals surface area contributed by atoms with Crippen molar-refractivity contribution < 1.29 is 5.11 Å². The van der Waals surface area contributed by atoms with E-state index in [4.69, 9.17) is 16.7 Å². The van der Waals surface area contributed by atoms with Crippen molar-refractivity contribution in [3.8, 4) is 0 Å². The first-order valence-corrected chi connectivity index (χ1v) is 7.32. The molecule has 0 spiro atoms. The number of aliphatic hydroxyl groups is 1. The first kappa shape index (κ1) is 15.3. The zero-order chi connectivity index (χ0) is 14.5. The van der Waals surface area contributed by atoms with E-state index >= 15 is 0 Å². The number of halogens is 1. The van der Waals surface area contributed by atoms with E-state index in [0.717, 1.165) is 19.5 Å². The molecule has 1 aromatic rings. The first-order valence-electron chi connectivity index (χ1n) is 6.94. The molecule has 2 rings (SSSR count). The average Bonchev–Trinajstić information content (AvgIpc) is 2.45. The van der Waals surface area contributed by atoms with Gasteiger partial charge in [-0.05, 0) is 19.4 Å². The molecule has 2 N–H and O–H groups in total. The predicted molar refractivity (Wildman–Crippen MR) is 79.5 cm³/mol. The number of nitrogens with one attached hydrogen (secondary N) is 1. The SMILES string of the molecule is CN(CC1CCCCN1)c1cnn(CCO)c(=O)c1Cl. The Labute approximate surface area is 123 Å². The maximum atomic E-state index is 12.0. The molecule has 20 heavy (non-hydrogen) atoms. The van der Waals surface area contributed by atoms with Crippen LogP contribution in [0.3, 0.4) is 0 Å². The van der Waals surface area contributed by atoms with Crippen LogP contribution in [-0.4, -0.2) is 47.7 Å². The van der Waals surface area contributed by atoms with Gasteiger partial charge in [0.15, 0.2) is 0 Å². The molecule has 1 aliphatic heterocycles. The Hall–Kier alpha value is -1.11. The van der Waals surface area contributed by atoms with E-state index < -0.39 is 0 Å². The van der Waals surface area contributed by atoms with Crippen LogP contribution in [-0.2, 0) is 6.54 Å². The number of nitrogens with zero attached hydrogens (tertiary/aromatic N) is 3. The summed E-state index contributed by atoms with van der Waals surface area (Å²) in [6.07, 6.45) is 5.18. The molecule has 0 aromatic carbocycles. The quantitative estimate of drug-likeness (QED) is 0.827. The summed E-state index contributed by atoms with van der Waals surface area (Å²) in [4.78, 5) is 14.0. The van der Waals surface area contributed by atoms with Gasteiger partial charge in [0.1, 0.15) is 5.02 Å². The zero-order valence-corrected chi connectivity index (χ0v) is 12.4. The van der Waals surface area contributed by atoms with E-state index in [9.17, 15) is 4.79 Å². The van der Waals surface area contributed by atoms with Gasteiger partial charge in [-0.3, -0.25) is 4.79 Å². The van der Waals surface area contributed by atoms with Crippen LogP contribution in [0, 0.1) is 0 Å². The van der Waals surface area contributed by atoms with E-state index in [0.29, 0.717) is 11.7 Å². The largest absolute Gasteiger partial charge is 0.394 e. The summed E-state index contributed by atoms with van der Waals surface area (Å²) in [5, 5.41) is 16.5. The minimum absolute atomic E-state index is 0.135. The van der Waals surface area contributed by atoms with Crippen molar-refractivity contribution >= 4 is 17.3 Å². The van der Waals surface area contributed by atoms with Crippen molar-refractivity contribution in [3.63, 3.8) is 0 Å². The van der Waals surface area contributed by atoms with E-state index in [-0.39, 0.29) is 23.7 Å². The lowest BCUT2D eigenvalue weighted by molar-refractivity contribution is 0.266. The maximum absolute atomic E-state index is 12.0. The smallest absolute Gasteiger partial charge is 0.287 e. The van der Waals surface area contributed by atoms with Crippen LogP contribution in [0.5, 0.6) is 0 Å². The van der Waals surface area contributed by atoms with Crippen LogP contribution >= 0.6 is 11.6 Å². The maximum Gasteiger partial charge on any atom is 0.287 e. The average molecular weight is 301 g/mol. The fraction of sp³-hybridized carbons (Fsp3) is 0.692. The van der Waals surface area contributed by atoms with E-state index in [1.807, 2.05) is 11.9 Å². The summed E-state index contributed by atoms with van der Waals surface area (Å²) >= 11 is 6.13. The lowest BCUT2D eigenvalue weighted by atomic mass is 10.0. The number of aliphatic hydroxyl groups excluding tert-OH is 1. The Morgan fingerprint density at radius 2 is 2.40 bits per heavy atom. The number of hydrogen-bond acceptors (Lipinski definition) is 5. The highest BCUT2D eigenvalue weighted by molar-refractivity contribution is 6.33. The summed E-state index contributed by atoms with van der Waals surface area (Å²) in [5.74, 6) is 0. The molecule has 0 radical (unpaired) electrons. The molecule has 1 saturated heterocycles. The summed E-state index contributed by atoms with van der Waals surface area (Å²) in [7, 11) is 1.91. The molecule has 0 saturated carbocycles. The van der Waals surface area contributed by atoms with Gasteiger partial charge >= 0.3 is 0 Å². The third-order valence-corrected chi connectivity index (χ3v) is 3.95. The topological polar surface area (TPSA) is 70.4 Å². The van der Waals surface area contributed by atoms with Crippen molar-refractivity contribution in [1.29, 1.82) is 0 Å². The third-order valence-electron chi connectivity index (χ3n) is 3.60. The Morgan fingerprint density at radius 3 is 3.05 bits per heavy atom. The molecule has 2 heterocycles. The van der Waals surface area contributed by atoms with Crippen molar-refractivity contribution in [3.05, 3.63) is 21.6 Å². The summed E-state index contributed by atoms with van der Waals surface area (Å²) < 4.78 is 1.18. The van der Waals surface area contributed by atoms with E-state index in [1.54, 1.807) is 6.20 Å². The second kappa shape index (κ2) is 7.06. The van der Waals surface area contributed by atoms with Crippen LogP contribution in [0.2, 0.25) is 5.02 Å². The molecule has 7 heteroatoms. The Kier molecular flexibility index (Phi) is 5.39. The van der Waals surface area contributed by atoms with Gasteiger partial charge in [0.25, 0.3) is 5.56 Å². The highest BCUT2D eigenvalue weighted by Gasteiger charge is 2.18. The highest BCUT2D eigenvalue weighted by atomic mass is 35.5. The Balaban J connectivity index is 2.11. The minimum atomic E-state index is -0.360. The molecule has 0 aliphatic carbocycles. The fourth-order valence-corrected chi connectivity index (χ4v) is 2.78. The van der Waals surface area contributed by atoms with Gasteiger partial charge in [-0.25, -0.2) is 4.68 Å². The van der Waals surface area contributed by atoms with Crippen molar-refractivity contribution in [1.82, 2.24) is 15.1 Å².